The third-order valence-electron chi connectivity index (χ3n) is 4.96. The van der Waals surface area contributed by atoms with E-state index < -0.39 is 0 Å². The molecule has 0 heterocycles. The van der Waals surface area contributed by atoms with Gasteiger partial charge in [-0.15, -0.1) is 0 Å². The Hall–Kier alpha value is -0.0800. The van der Waals surface area contributed by atoms with Crippen molar-refractivity contribution in [2.45, 2.75) is 84.3 Å². The summed E-state index contributed by atoms with van der Waals surface area (Å²) in [4.78, 5) is 2.90. The van der Waals surface area contributed by atoms with Crippen LogP contribution in [0.5, 0.6) is 0 Å². The molecular weight excluding hydrogens is 232 g/mol. The van der Waals surface area contributed by atoms with E-state index in [9.17, 15) is 0 Å². The summed E-state index contributed by atoms with van der Waals surface area (Å²) in [5.74, 6) is 1.71. The minimum atomic E-state index is 0.631. The number of rotatable bonds is 7. The molecule has 2 rings (SSSR count). The second-order valence-corrected chi connectivity index (χ2v) is 7.50. The van der Waals surface area contributed by atoms with Gasteiger partial charge in [0, 0.05) is 24.7 Å². The topological polar surface area (TPSA) is 15.3 Å². The molecule has 0 aliphatic heterocycles. The maximum Gasteiger partial charge on any atom is 0.0139 e. The van der Waals surface area contributed by atoms with Crippen LogP contribution in [0, 0.1) is 11.8 Å². The smallest absolute Gasteiger partial charge is 0.0139 e. The Bertz CT molecular complexity index is 256. The third-order valence-corrected chi connectivity index (χ3v) is 4.96. The van der Waals surface area contributed by atoms with Gasteiger partial charge in [0.15, 0.2) is 0 Å². The van der Waals surface area contributed by atoms with E-state index in [2.05, 4.69) is 37.9 Å². The second-order valence-electron chi connectivity index (χ2n) is 7.50. The number of nitrogens with one attached hydrogen (secondary N) is 1. The first-order chi connectivity index (χ1) is 9.08. The average molecular weight is 266 g/mol. The van der Waals surface area contributed by atoms with Crippen LogP contribution in [-0.2, 0) is 0 Å². The van der Waals surface area contributed by atoms with Crippen molar-refractivity contribution in [1.29, 1.82) is 0 Å². The Morgan fingerprint density at radius 3 is 2.16 bits per heavy atom. The molecule has 0 aromatic rings. The van der Waals surface area contributed by atoms with Crippen LogP contribution in [0.2, 0.25) is 0 Å². The first kappa shape index (κ1) is 15.3. The van der Waals surface area contributed by atoms with E-state index in [0.29, 0.717) is 6.04 Å². The van der Waals surface area contributed by atoms with Crippen molar-refractivity contribution >= 4 is 0 Å². The predicted octanol–water partition coefficient (Wildman–Crippen LogP) is 3.66. The summed E-state index contributed by atoms with van der Waals surface area (Å²) < 4.78 is 0. The molecule has 2 fully saturated rings. The van der Waals surface area contributed by atoms with Crippen molar-refractivity contribution < 1.29 is 0 Å². The normalized spacial score (nSPS) is 28.6. The van der Waals surface area contributed by atoms with Gasteiger partial charge in [-0.2, -0.15) is 0 Å². The van der Waals surface area contributed by atoms with Crippen LogP contribution in [-0.4, -0.2) is 36.1 Å². The van der Waals surface area contributed by atoms with Crippen molar-refractivity contribution in [3.05, 3.63) is 0 Å². The molecule has 0 aromatic carbocycles. The summed E-state index contributed by atoms with van der Waals surface area (Å²) in [5.41, 5.74) is 0. The molecule has 2 nitrogen and oxygen atoms in total. The molecule has 0 radical (unpaired) electrons. The number of hydrogen-bond donors (Lipinski definition) is 1. The molecule has 2 atom stereocenters. The zero-order valence-electron chi connectivity index (χ0n) is 13.5. The first-order valence-electron chi connectivity index (χ1n) is 8.57. The van der Waals surface area contributed by atoms with Gasteiger partial charge in [0.25, 0.3) is 0 Å². The minimum absolute atomic E-state index is 0.631. The maximum atomic E-state index is 3.65. The van der Waals surface area contributed by atoms with Gasteiger partial charge < -0.3 is 5.32 Å². The lowest BCUT2D eigenvalue weighted by Gasteiger charge is -2.48. The molecule has 2 saturated carbocycles. The fourth-order valence-electron chi connectivity index (χ4n) is 3.83. The van der Waals surface area contributed by atoms with Gasteiger partial charge in [-0.25, -0.2) is 0 Å². The molecule has 0 aromatic heterocycles. The molecule has 0 amide bonds. The molecule has 0 bridgehead atoms. The van der Waals surface area contributed by atoms with Gasteiger partial charge in [0.05, 0.1) is 0 Å². The molecule has 2 aliphatic carbocycles. The Labute approximate surface area is 120 Å². The van der Waals surface area contributed by atoms with E-state index in [1.54, 1.807) is 0 Å². The molecule has 2 heteroatoms. The summed E-state index contributed by atoms with van der Waals surface area (Å²) in [6.45, 7) is 11.8. The van der Waals surface area contributed by atoms with Crippen LogP contribution in [0.25, 0.3) is 0 Å². The Kier molecular flexibility index (Phi) is 5.70. The van der Waals surface area contributed by atoms with Crippen LogP contribution >= 0.6 is 0 Å². The van der Waals surface area contributed by atoms with E-state index in [1.165, 1.54) is 51.6 Å². The molecule has 0 saturated heterocycles. The maximum absolute atomic E-state index is 3.65. The largest absolute Gasteiger partial charge is 0.314 e. The van der Waals surface area contributed by atoms with Gasteiger partial charge in [0.1, 0.15) is 0 Å². The summed E-state index contributed by atoms with van der Waals surface area (Å²) in [7, 11) is 0. The second kappa shape index (κ2) is 7.08. The van der Waals surface area contributed by atoms with Gasteiger partial charge in [-0.1, -0.05) is 40.5 Å². The van der Waals surface area contributed by atoms with Crippen molar-refractivity contribution in [1.82, 2.24) is 10.2 Å². The average Bonchev–Trinajstić information content (AvgIpc) is 2.78. The van der Waals surface area contributed by atoms with Crippen molar-refractivity contribution in [3.8, 4) is 0 Å². The van der Waals surface area contributed by atoms with Gasteiger partial charge >= 0.3 is 0 Å². The highest BCUT2D eigenvalue weighted by molar-refractivity contribution is 4.94. The molecule has 1 N–H and O–H groups in total. The molecule has 2 unspecified atom stereocenters. The SMILES string of the molecule is CC(C)CN(C1CCCC1)C1CCC1CNC(C)C. The summed E-state index contributed by atoms with van der Waals surface area (Å²) >= 11 is 0. The van der Waals surface area contributed by atoms with Gasteiger partial charge in [-0.05, 0) is 44.1 Å². The Balaban J connectivity index is 1.89. The lowest BCUT2D eigenvalue weighted by atomic mass is 9.77. The highest BCUT2D eigenvalue weighted by Crippen LogP contribution is 2.37. The lowest BCUT2D eigenvalue weighted by Crippen LogP contribution is -2.55. The monoisotopic (exact) mass is 266 g/mol. The van der Waals surface area contributed by atoms with Crippen LogP contribution < -0.4 is 5.32 Å². The number of nitrogens with zero attached hydrogens (tertiary/aromatic N) is 1. The number of hydrogen-bond acceptors (Lipinski definition) is 2. The van der Waals surface area contributed by atoms with Gasteiger partial charge in [-0.3, -0.25) is 4.90 Å². The van der Waals surface area contributed by atoms with Crippen molar-refractivity contribution in [2.24, 2.45) is 11.8 Å². The Morgan fingerprint density at radius 1 is 1.00 bits per heavy atom. The third kappa shape index (κ3) is 4.19. The van der Waals surface area contributed by atoms with Crippen LogP contribution in [0.15, 0.2) is 0 Å². The fraction of sp³-hybridized carbons (Fsp3) is 1.00. The highest BCUT2D eigenvalue weighted by Gasteiger charge is 2.39. The standard InChI is InChI=1S/C17H34N2/c1-13(2)12-19(16-7-5-6-8-16)17-10-9-15(17)11-18-14(3)4/h13-18H,5-12H2,1-4H3. The molecule has 0 spiro atoms. The lowest BCUT2D eigenvalue weighted by molar-refractivity contribution is 0.0193. The minimum Gasteiger partial charge on any atom is -0.314 e. The van der Waals surface area contributed by atoms with Crippen molar-refractivity contribution in [2.75, 3.05) is 13.1 Å². The molecule has 2 aliphatic rings. The predicted molar refractivity (Wildman–Crippen MR) is 83.5 cm³/mol. The van der Waals surface area contributed by atoms with E-state index >= 15 is 0 Å². The summed E-state index contributed by atoms with van der Waals surface area (Å²) in [5, 5.41) is 3.65. The van der Waals surface area contributed by atoms with Crippen LogP contribution in [0.4, 0.5) is 0 Å². The molecule has 112 valence electrons. The van der Waals surface area contributed by atoms with E-state index in [0.717, 1.165) is 23.9 Å². The van der Waals surface area contributed by atoms with E-state index in [-0.39, 0.29) is 0 Å². The fourth-order valence-corrected chi connectivity index (χ4v) is 3.83. The Morgan fingerprint density at radius 2 is 1.68 bits per heavy atom. The zero-order chi connectivity index (χ0) is 13.8. The summed E-state index contributed by atoms with van der Waals surface area (Å²) in [6, 6.07) is 2.40. The molecule has 19 heavy (non-hydrogen) atoms. The zero-order valence-corrected chi connectivity index (χ0v) is 13.5. The highest BCUT2D eigenvalue weighted by atomic mass is 15.2. The van der Waals surface area contributed by atoms with Gasteiger partial charge in [0.2, 0.25) is 0 Å². The van der Waals surface area contributed by atoms with Crippen molar-refractivity contribution in [3.63, 3.8) is 0 Å². The van der Waals surface area contributed by atoms with Crippen LogP contribution in [0.1, 0.15) is 66.2 Å². The quantitative estimate of drug-likeness (QED) is 0.756. The van der Waals surface area contributed by atoms with E-state index in [1.807, 2.05) is 0 Å². The van der Waals surface area contributed by atoms with E-state index in [4.69, 9.17) is 0 Å². The first-order valence-corrected chi connectivity index (χ1v) is 8.57. The van der Waals surface area contributed by atoms with Crippen LogP contribution in [0.3, 0.4) is 0 Å². The summed E-state index contributed by atoms with van der Waals surface area (Å²) in [6.07, 6.45) is 8.70. The molecular formula is C17H34N2.